The maximum Gasteiger partial charge on any atom is 0.259 e. The number of methoxy groups -OCH3 is 1. The van der Waals surface area contributed by atoms with Gasteiger partial charge in [-0.3, -0.25) is 9.59 Å². The summed E-state index contributed by atoms with van der Waals surface area (Å²) in [5.41, 5.74) is 2.62. The number of hydrogen-bond acceptors (Lipinski definition) is 4. The van der Waals surface area contributed by atoms with Crippen LogP contribution in [0, 0.1) is 6.92 Å². The van der Waals surface area contributed by atoms with E-state index in [4.69, 9.17) is 4.74 Å². The van der Waals surface area contributed by atoms with Crippen LogP contribution in [0.15, 0.2) is 52.6 Å². The molecule has 29 heavy (non-hydrogen) atoms. The Balaban J connectivity index is 2.03. The monoisotopic (exact) mass is 410 g/mol. The van der Waals surface area contributed by atoms with Crippen molar-refractivity contribution >= 4 is 17.2 Å². The molecule has 0 fully saturated rings. The average Bonchev–Trinajstić information content (AvgIpc) is 3.22. The van der Waals surface area contributed by atoms with Gasteiger partial charge in [-0.2, -0.15) is 0 Å². The number of aromatic nitrogens is 1. The lowest BCUT2D eigenvalue weighted by Gasteiger charge is -2.23. The summed E-state index contributed by atoms with van der Waals surface area (Å²) in [7, 11) is 3.39. The second-order valence-electron chi connectivity index (χ2n) is 6.96. The van der Waals surface area contributed by atoms with Gasteiger partial charge >= 0.3 is 0 Å². The lowest BCUT2D eigenvalue weighted by Crippen LogP contribution is -2.34. The smallest absolute Gasteiger partial charge is 0.259 e. The Morgan fingerprint density at radius 3 is 2.62 bits per heavy atom. The molecule has 0 N–H and O–H groups in total. The van der Waals surface area contributed by atoms with Crippen LogP contribution in [0.25, 0.3) is 0 Å². The van der Waals surface area contributed by atoms with E-state index in [1.165, 1.54) is 0 Å². The Hall–Kier alpha value is -2.86. The first-order valence-electron chi connectivity index (χ1n) is 9.59. The Morgan fingerprint density at radius 1 is 1.21 bits per heavy atom. The zero-order valence-electron chi connectivity index (χ0n) is 17.3. The lowest BCUT2D eigenvalue weighted by atomic mass is 10.1. The number of para-hydroxylation sites is 1. The average molecular weight is 411 g/mol. The van der Waals surface area contributed by atoms with Crippen LogP contribution in [0.5, 0.6) is 5.75 Å². The fraction of sp³-hybridized carbons (Fsp3) is 0.304. The van der Waals surface area contributed by atoms with E-state index in [9.17, 15) is 9.59 Å². The summed E-state index contributed by atoms with van der Waals surface area (Å²) in [4.78, 5) is 28.7. The maximum atomic E-state index is 13.2. The predicted octanol–water partition coefficient (Wildman–Crippen LogP) is 4.11. The van der Waals surface area contributed by atoms with Gasteiger partial charge in [0.2, 0.25) is 0 Å². The molecule has 1 aromatic carbocycles. The van der Waals surface area contributed by atoms with E-state index >= 15 is 0 Å². The van der Waals surface area contributed by atoms with Crippen molar-refractivity contribution in [2.24, 2.45) is 0 Å². The molecular weight excluding hydrogens is 384 g/mol. The fourth-order valence-corrected chi connectivity index (χ4v) is 4.31. The number of carbonyl (C=O) groups excluding carboxylic acids is 1. The van der Waals surface area contributed by atoms with E-state index in [2.05, 4.69) is 0 Å². The van der Waals surface area contributed by atoms with E-state index in [0.29, 0.717) is 19.5 Å². The molecule has 0 atom stereocenters. The molecule has 3 rings (SSSR count). The minimum atomic E-state index is -0.242. The standard InChI is InChI=1S/C23H26N2O3S/c1-5-19-22(23(27)24(3)15-18-10-8-12-29-18)20(26)13-16(2)25(19)14-17-9-6-7-11-21(17)28-4/h6-13H,5,14-15H2,1-4H3. The topological polar surface area (TPSA) is 51.5 Å². The summed E-state index contributed by atoms with van der Waals surface area (Å²) < 4.78 is 7.53. The van der Waals surface area contributed by atoms with Crippen LogP contribution in [-0.2, 0) is 19.5 Å². The molecule has 0 aliphatic carbocycles. The summed E-state index contributed by atoms with van der Waals surface area (Å²) in [6.07, 6.45) is 0.583. The number of amides is 1. The van der Waals surface area contributed by atoms with Crippen LogP contribution in [0.4, 0.5) is 0 Å². The van der Waals surface area contributed by atoms with Crippen LogP contribution in [-0.4, -0.2) is 29.5 Å². The Bertz CT molecular complexity index is 1050. The van der Waals surface area contributed by atoms with Crippen LogP contribution in [0.2, 0.25) is 0 Å². The molecule has 2 heterocycles. The molecule has 2 aromatic heterocycles. The summed E-state index contributed by atoms with van der Waals surface area (Å²) >= 11 is 1.60. The Labute approximate surface area is 175 Å². The molecule has 5 nitrogen and oxygen atoms in total. The van der Waals surface area contributed by atoms with Crippen LogP contribution in [0.1, 0.15) is 39.1 Å². The SMILES string of the molecule is CCc1c(C(=O)N(C)Cc2cccs2)c(=O)cc(C)n1Cc1ccccc1OC. The molecule has 152 valence electrons. The summed E-state index contributed by atoms with van der Waals surface area (Å²) in [5, 5.41) is 1.98. The van der Waals surface area contributed by atoms with Gasteiger partial charge in [-0.1, -0.05) is 31.2 Å². The Kier molecular flexibility index (Phi) is 6.54. The van der Waals surface area contributed by atoms with Gasteiger partial charge < -0.3 is 14.2 Å². The van der Waals surface area contributed by atoms with Crippen LogP contribution < -0.4 is 10.2 Å². The second-order valence-corrected chi connectivity index (χ2v) is 8.00. The van der Waals surface area contributed by atoms with Gasteiger partial charge in [0, 0.05) is 34.9 Å². The van der Waals surface area contributed by atoms with Crippen molar-refractivity contribution in [1.29, 1.82) is 0 Å². The third-order valence-corrected chi connectivity index (χ3v) is 5.88. The minimum Gasteiger partial charge on any atom is -0.496 e. The molecule has 1 amide bonds. The first kappa shape index (κ1) is 20.9. The number of hydrogen-bond donors (Lipinski definition) is 0. The van der Waals surface area contributed by atoms with Crippen molar-refractivity contribution in [3.63, 3.8) is 0 Å². The number of benzene rings is 1. The molecule has 0 spiro atoms. The fourth-order valence-electron chi connectivity index (χ4n) is 3.55. The molecule has 0 unspecified atom stereocenters. The van der Waals surface area contributed by atoms with Crippen LogP contribution in [0.3, 0.4) is 0 Å². The van der Waals surface area contributed by atoms with Gasteiger partial charge in [0.25, 0.3) is 5.91 Å². The molecule has 0 saturated heterocycles. The molecule has 0 radical (unpaired) electrons. The highest BCUT2D eigenvalue weighted by atomic mass is 32.1. The van der Waals surface area contributed by atoms with E-state index < -0.39 is 0 Å². The van der Waals surface area contributed by atoms with Gasteiger partial charge in [0.15, 0.2) is 5.43 Å². The van der Waals surface area contributed by atoms with E-state index in [-0.39, 0.29) is 16.9 Å². The highest BCUT2D eigenvalue weighted by molar-refractivity contribution is 7.09. The molecule has 0 aliphatic heterocycles. The van der Waals surface area contributed by atoms with Crippen molar-refractivity contribution in [3.8, 4) is 5.75 Å². The maximum absolute atomic E-state index is 13.2. The molecule has 6 heteroatoms. The number of pyridine rings is 1. The largest absolute Gasteiger partial charge is 0.496 e. The normalized spacial score (nSPS) is 10.8. The highest BCUT2D eigenvalue weighted by Crippen LogP contribution is 2.22. The number of thiophene rings is 1. The molecule has 0 aliphatic rings. The van der Waals surface area contributed by atoms with Crippen molar-refractivity contribution in [3.05, 3.63) is 85.5 Å². The van der Waals surface area contributed by atoms with Crippen molar-refractivity contribution in [2.75, 3.05) is 14.2 Å². The van der Waals surface area contributed by atoms with Gasteiger partial charge in [-0.25, -0.2) is 0 Å². The highest BCUT2D eigenvalue weighted by Gasteiger charge is 2.23. The summed E-state index contributed by atoms with van der Waals surface area (Å²) in [5.74, 6) is 0.546. The van der Waals surface area contributed by atoms with E-state index in [1.807, 2.05) is 60.2 Å². The lowest BCUT2D eigenvalue weighted by molar-refractivity contribution is 0.0783. The van der Waals surface area contributed by atoms with Crippen molar-refractivity contribution in [1.82, 2.24) is 9.47 Å². The third kappa shape index (κ3) is 4.43. The molecule has 3 aromatic rings. The van der Waals surface area contributed by atoms with Crippen LogP contribution >= 0.6 is 11.3 Å². The Morgan fingerprint density at radius 2 is 1.97 bits per heavy atom. The van der Waals surface area contributed by atoms with Gasteiger partial charge in [0.1, 0.15) is 11.3 Å². The number of rotatable bonds is 7. The third-order valence-electron chi connectivity index (χ3n) is 5.02. The number of carbonyl (C=O) groups is 1. The second kappa shape index (κ2) is 9.09. The first-order chi connectivity index (χ1) is 14.0. The summed E-state index contributed by atoms with van der Waals surface area (Å²) in [6.45, 7) is 4.90. The van der Waals surface area contributed by atoms with E-state index in [1.54, 1.807) is 36.5 Å². The zero-order chi connectivity index (χ0) is 21.0. The van der Waals surface area contributed by atoms with Crippen molar-refractivity contribution < 1.29 is 9.53 Å². The number of nitrogens with zero attached hydrogens (tertiary/aromatic N) is 2. The molecule has 0 bridgehead atoms. The predicted molar refractivity (Wildman–Crippen MR) is 117 cm³/mol. The number of aryl methyl sites for hydroxylation is 1. The van der Waals surface area contributed by atoms with Gasteiger partial charge in [-0.15, -0.1) is 11.3 Å². The van der Waals surface area contributed by atoms with E-state index in [0.717, 1.165) is 27.6 Å². The van der Waals surface area contributed by atoms with Gasteiger partial charge in [-0.05, 0) is 30.9 Å². The molecular formula is C23H26N2O3S. The zero-order valence-corrected chi connectivity index (χ0v) is 18.1. The summed E-state index contributed by atoms with van der Waals surface area (Å²) in [6, 6.07) is 13.3. The first-order valence-corrected chi connectivity index (χ1v) is 10.5. The minimum absolute atomic E-state index is 0.223. The van der Waals surface area contributed by atoms with Gasteiger partial charge in [0.05, 0.1) is 20.2 Å². The molecule has 0 saturated carbocycles. The van der Waals surface area contributed by atoms with Crippen molar-refractivity contribution in [2.45, 2.75) is 33.4 Å². The quantitative estimate of drug-likeness (QED) is 0.589. The number of ether oxygens (including phenoxy) is 1.